The van der Waals surface area contributed by atoms with E-state index in [1.165, 1.54) is 0 Å². The monoisotopic (exact) mass is 306 g/mol. The topological polar surface area (TPSA) is 72.5 Å². The number of ether oxygens (including phenoxy) is 1. The largest absolute Gasteiger partial charge is 0.467 e. The zero-order valence-electron chi connectivity index (χ0n) is 13.2. The Balaban J connectivity index is 1.88. The fourth-order valence-electron chi connectivity index (χ4n) is 2.02. The molecule has 0 saturated heterocycles. The van der Waals surface area contributed by atoms with Crippen LogP contribution >= 0.6 is 0 Å². The van der Waals surface area contributed by atoms with Crippen LogP contribution in [0.5, 0.6) is 0 Å². The predicted octanol–water partition coefficient (Wildman–Crippen LogP) is 2.74. The number of aryl methyl sites for hydroxylation is 1. The number of urea groups is 1. The number of carbonyl (C=O) groups excluding carboxylic acids is 1. The molecule has 7 nitrogen and oxygen atoms in total. The molecule has 0 aliphatic rings. The van der Waals surface area contributed by atoms with Gasteiger partial charge in [0.05, 0.1) is 12.3 Å². The van der Waals surface area contributed by atoms with Crippen LogP contribution in [0.2, 0.25) is 0 Å². The Hall–Kier alpha value is -2.28. The molecule has 0 saturated carbocycles. The zero-order chi connectivity index (χ0) is 15.9. The van der Waals surface area contributed by atoms with Crippen molar-refractivity contribution in [2.75, 3.05) is 26.1 Å². The summed E-state index contributed by atoms with van der Waals surface area (Å²) in [5.74, 6) is 1.27. The molecule has 7 heteroatoms. The van der Waals surface area contributed by atoms with Gasteiger partial charge in [0.1, 0.15) is 5.76 Å². The lowest BCUT2D eigenvalue weighted by Gasteiger charge is -2.23. The number of anilines is 1. The molecule has 1 N–H and O–H groups in total. The average Bonchev–Trinajstić information content (AvgIpc) is 3.17. The van der Waals surface area contributed by atoms with E-state index in [1.807, 2.05) is 19.2 Å². The van der Waals surface area contributed by atoms with Crippen molar-refractivity contribution in [3.05, 3.63) is 36.4 Å². The number of rotatable bonds is 7. The molecule has 0 aromatic carbocycles. The number of hydrogen-bond donors (Lipinski definition) is 1. The fourth-order valence-corrected chi connectivity index (χ4v) is 2.02. The fraction of sp³-hybridized carbons (Fsp3) is 0.467. The van der Waals surface area contributed by atoms with Crippen LogP contribution in [0, 0.1) is 0 Å². The predicted molar refractivity (Wildman–Crippen MR) is 82.6 cm³/mol. The van der Waals surface area contributed by atoms with Gasteiger partial charge in [0.15, 0.2) is 5.82 Å². The van der Waals surface area contributed by atoms with E-state index in [1.54, 1.807) is 42.1 Å². The summed E-state index contributed by atoms with van der Waals surface area (Å²) in [5.41, 5.74) is 0. The van der Waals surface area contributed by atoms with Gasteiger partial charge in [-0.1, -0.05) is 0 Å². The van der Waals surface area contributed by atoms with E-state index in [0.29, 0.717) is 12.4 Å². The number of nitrogens with zero attached hydrogens (tertiary/aromatic N) is 3. The highest BCUT2D eigenvalue weighted by Crippen LogP contribution is 2.19. The Kier molecular flexibility index (Phi) is 5.60. The SMILES string of the molecule is COCCCn1ccc(NC(=O)N(C)[C@H](C)c2ccco2)n1. The van der Waals surface area contributed by atoms with Gasteiger partial charge < -0.3 is 14.1 Å². The number of methoxy groups -OCH3 is 1. The molecular formula is C15H22N4O3. The molecule has 0 fully saturated rings. The summed E-state index contributed by atoms with van der Waals surface area (Å²) >= 11 is 0. The summed E-state index contributed by atoms with van der Waals surface area (Å²) in [4.78, 5) is 13.8. The smallest absolute Gasteiger partial charge is 0.323 e. The maximum absolute atomic E-state index is 12.2. The van der Waals surface area contributed by atoms with Crippen LogP contribution in [0.1, 0.15) is 25.1 Å². The standard InChI is InChI=1S/C15H22N4O3/c1-12(13-6-4-11-22-13)18(2)15(20)16-14-7-9-19(17-14)8-5-10-21-3/h4,6-7,9,11-12H,5,8,10H2,1-3H3,(H,16,17,20)/t12-/m1/s1. The second-order valence-corrected chi connectivity index (χ2v) is 5.04. The van der Waals surface area contributed by atoms with Crippen LogP contribution in [-0.2, 0) is 11.3 Å². The van der Waals surface area contributed by atoms with Crippen molar-refractivity contribution in [1.82, 2.24) is 14.7 Å². The van der Waals surface area contributed by atoms with Crippen LogP contribution in [0.25, 0.3) is 0 Å². The molecule has 0 aliphatic heterocycles. The van der Waals surface area contributed by atoms with E-state index < -0.39 is 0 Å². The van der Waals surface area contributed by atoms with Gasteiger partial charge in [-0.2, -0.15) is 5.10 Å². The molecule has 2 amide bonds. The third kappa shape index (κ3) is 4.11. The first kappa shape index (κ1) is 16.1. The van der Waals surface area contributed by atoms with Crippen molar-refractivity contribution in [3.63, 3.8) is 0 Å². The van der Waals surface area contributed by atoms with E-state index in [0.717, 1.165) is 18.7 Å². The number of carbonyl (C=O) groups is 1. The third-order valence-electron chi connectivity index (χ3n) is 3.47. The van der Waals surface area contributed by atoms with E-state index in [2.05, 4.69) is 10.4 Å². The van der Waals surface area contributed by atoms with E-state index in [4.69, 9.17) is 9.15 Å². The Morgan fingerprint density at radius 1 is 1.55 bits per heavy atom. The highest BCUT2D eigenvalue weighted by Gasteiger charge is 2.19. The van der Waals surface area contributed by atoms with E-state index in [-0.39, 0.29) is 12.1 Å². The molecule has 2 aromatic heterocycles. The second kappa shape index (κ2) is 7.65. The van der Waals surface area contributed by atoms with E-state index >= 15 is 0 Å². The average molecular weight is 306 g/mol. The molecule has 0 radical (unpaired) electrons. The maximum Gasteiger partial charge on any atom is 0.323 e. The summed E-state index contributed by atoms with van der Waals surface area (Å²) < 4.78 is 12.1. The van der Waals surface area contributed by atoms with Gasteiger partial charge in [0, 0.05) is 39.6 Å². The lowest BCUT2D eigenvalue weighted by molar-refractivity contribution is 0.189. The van der Waals surface area contributed by atoms with Crippen molar-refractivity contribution in [2.45, 2.75) is 25.9 Å². The molecule has 1 atom stereocenters. The minimum absolute atomic E-state index is 0.154. The molecule has 0 aliphatic carbocycles. The van der Waals surface area contributed by atoms with Gasteiger partial charge in [-0.25, -0.2) is 4.79 Å². The van der Waals surface area contributed by atoms with Crippen LogP contribution in [0.15, 0.2) is 35.1 Å². The zero-order valence-corrected chi connectivity index (χ0v) is 13.2. The lowest BCUT2D eigenvalue weighted by atomic mass is 10.2. The third-order valence-corrected chi connectivity index (χ3v) is 3.47. The van der Waals surface area contributed by atoms with Crippen LogP contribution < -0.4 is 5.32 Å². The molecule has 22 heavy (non-hydrogen) atoms. The number of aromatic nitrogens is 2. The highest BCUT2D eigenvalue weighted by molar-refractivity contribution is 5.88. The van der Waals surface area contributed by atoms with Gasteiger partial charge in [-0.3, -0.25) is 10.00 Å². The molecular weight excluding hydrogens is 284 g/mol. The summed E-state index contributed by atoms with van der Waals surface area (Å²) in [6.45, 7) is 3.34. The molecule has 2 heterocycles. The number of furan rings is 1. The number of amides is 2. The molecule has 120 valence electrons. The Bertz CT molecular complexity index is 579. The van der Waals surface area contributed by atoms with Crippen LogP contribution in [0.3, 0.4) is 0 Å². The first-order chi connectivity index (χ1) is 10.6. The highest BCUT2D eigenvalue weighted by atomic mass is 16.5. The summed E-state index contributed by atoms with van der Waals surface area (Å²) in [5, 5.41) is 7.08. The molecule has 2 rings (SSSR count). The number of nitrogens with one attached hydrogen (secondary N) is 1. The lowest BCUT2D eigenvalue weighted by Crippen LogP contribution is -2.33. The molecule has 0 bridgehead atoms. The van der Waals surface area contributed by atoms with Crippen LogP contribution in [-0.4, -0.2) is 41.5 Å². The molecule has 0 unspecified atom stereocenters. The second-order valence-electron chi connectivity index (χ2n) is 5.04. The van der Waals surface area contributed by atoms with E-state index in [9.17, 15) is 4.79 Å². The van der Waals surface area contributed by atoms with Crippen molar-refractivity contribution in [3.8, 4) is 0 Å². The quantitative estimate of drug-likeness (QED) is 0.798. The Morgan fingerprint density at radius 2 is 2.36 bits per heavy atom. The Labute approximate surface area is 129 Å². The number of hydrogen-bond acceptors (Lipinski definition) is 4. The maximum atomic E-state index is 12.2. The summed E-state index contributed by atoms with van der Waals surface area (Å²) in [6.07, 6.45) is 4.31. The minimum Gasteiger partial charge on any atom is -0.467 e. The van der Waals surface area contributed by atoms with Gasteiger partial charge in [0.2, 0.25) is 0 Å². The summed E-state index contributed by atoms with van der Waals surface area (Å²) in [6, 6.07) is 5.04. The van der Waals surface area contributed by atoms with Crippen molar-refractivity contribution >= 4 is 11.8 Å². The van der Waals surface area contributed by atoms with Gasteiger partial charge >= 0.3 is 6.03 Å². The van der Waals surface area contributed by atoms with Gasteiger partial charge in [-0.05, 0) is 25.5 Å². The Morgan fingerprint density at radius 3 is 3.05 bits per heavy atom. The summed E-state index contributed by atoms with van der Waals surface area (Å²) in [7, 11) is 3.39. The first-order valence-electron chi connectivity index (χ1n) is 7.21. The van der Waals surface area contributed by atoms with Gasteiger partial charge in [-0.15, -0.1) is 0 Å². The van der Waals surface area contributed by atoms with Crippen molar-refractivity contribution in [1.29, 1.82) is 0 Å². The van der Waals surface area contributed by atoms with Crippen molar-refractivity contribution in [2.24, 2.45) is 0 Å². The minimum atomic E-state index is -0.231. The normalized spacial score (nSPS) is 12.1. The van der Waals surface area contributed by atoms with Crippen molar-refractivity contribution < 1.29 is 13.9 Å². The molecule has 2 aromatic rings. The first-order valence-corrected chi connectivity index (χ1v) is 7.21. The molecule has 0 spiro atoms. The van der Waals surface area contributed by atoms with Crippen LogP contribution in [0.4, 0.5) is 10.6 Å². The van der Waals surface area contributed by atoms with Gasteiger partial charge in [0.25, 0.3) is 0 Å².